The summed E-state index contributed by atoms with van der Waals surface area (Å²) in [5.74, 6) is 0.533. The van der Waals surface area contributed by atoms with E-state index in [1.54, 1.807) is 0 Å². The average Bonchev–Trinajstić information content (AvgIpc) is 2.27. The third kappa shape index (κ3) is 2.80. The van der Waals surface area contributed by atoms with E-state index in [2.05, 4.69) is 39.0 Å². The van der Waals surface area contributed by atoms with Crippen molar-refractivity contribution in [1.29, 1.82) is 0 Å². The minimum atomic E-state index is -0.0153. The van der Waals surface area contributed by atoms with Crippen LogP contribution in [0, 0.1) is 11.3 Å². The van der Waals surface area contributed by atoms with E-state index in [1.807, 2.05) is 6.92 Å². The summed E-state index contributed by atoms with van der Waals surface area (Å²) in [6.07, 6.45) is 9.06. The molecule has 1 aliphatic carbocycles. The zero-order valence-electron chi connectivity index (χ0n) is 11.4. The second-order valence-corrected chi connectivity index (χ2v) is 5.94. The van der Waals surface area contributed by atoms with Gasteiger partial charge in [0.15, 0.2) is 6.29 Å². The van der Waals surface area contributed by atoms with Gasteiger partial charge < -0.3 is 9.47 Å². The Balaban J connectivity index is 2.14. The number of hydrogen-bond acceptors (Lipinski definition) is 2. The summed E-state index contributed by atoms with van der Waals surface area (Å²) in [5, 5.41) is 0. The Bertz CT molecular complexity index is 322. The van der Waals surface area contributed by atoms with Crippen molar-refractivity contribution >= 4 is 0 Å². The van der Waals surface area contributed by atoms with Crippen LogP contribution in [0.25, 0.3) is 0 Å². The van der Waals surface area contributed by atoms with Gasteiger partial charge in [-0.05, 0) is 30.8 Å². The van der Waals surface area contributed by atoms with Gasteiger partial charge in [-0.2, -0.15) is 0 Å². The van der Waals surface area contributed by atoms with Crippen LogP contribution >= 0.6 is 0 Å². The van der Waals surface area contributed by atoms with Crippen LogP contribution in [0.1, 0.15) is 40.5 Å². The molecule has 1 heterocycles. The average molecular weight is 236 g/mol. The highest BCUT2D eigenvalue weighted by Gasteiger charge is 2.37. The summed E-state index contributed by atoms with van der Waals surface area (Å²) >= 11 is 0. The molecular weight excluding hydrogens is 212 g/mol. The number of rotatable bonds is 2. The lowest BCUT2D eigenvalue weighted by Crippen LogP contribution is -2.40. The van der Waals surface area contributed by atoms with Crippen LogP contribution in [0.4, 0.5) is 0 Å². The molecule has 2 aliphatic rings. The highest BCUT2D eigenvalue weighted by atomic mass is 16.7. The predicted molar refractivity (Wildman–Crippen MR) is 69.7 cm³/mol. The Morgan fingerprint density at radius 2 is 2.12 bits per heavy atom. The van der Waals surface area contributed by atoms with Gasteiger partial charge in [0.1, 0.15) is 0 Å². The second kappa shape index (κ2) is 4.95. The molecular formula is C15H24O2. The van der Waals surface area contributed by atoms with Crippen molar-refractivity contribution in [2.45, 2.75) is 52.9 Å². The van der Waals surface area contributed by atoms with Gasteiger partial charge in [0, 0.05) is 12.5 Å². The fourth-order valence-electron chi connectivity index (χ4n) is 2.70. The molecule has 0 N–H and O–H groups in total. The monoisotopic (exact) mass is 236 g/mol. The van der Waals surface area contributed by atoms with E-state index in [0.29, 0.717) is 5.92 Å². The van der Waals surface area contributed by atoms with E-state index in [9.17, 15) is 0 Å². The van der Waals surface area contributed by atoms with Gasteiger partial charge in [0.2, 0.25) is 0 Å². The summed E-state index contributed by atoms with van der Waals surface area (Å²) in [4.78, 5) is 0. The molecule has 2 rings (SSSR count). The summed E-state index contributed by atoms with van der Waals surface area (Å²) in [7, 11) is 0. The Morgan fingerprint density at radius 1 is 1.35 bits per heavy atom. The molecule has 1 saturated heterocycles. The normalized spacial score (nSPS) is 33.2. The molecule has 0 saturated carbocycles. The predicted octanol–water partition coefficient (Wildman–Crippen LogP) is 3.69. The molecule has 0 aromatic carbocycles. The minimum Gasteiger partial charge on any atom is -0.353 e. The first-order valence-corrected chi connectivity index (χ1v) is 6.68. The van der Waals surface area contributed by atoms with E-state index in [4.69, 9.17) is 9.47 Å². The van der Waals surface area contributed by atoms with Gasteiger partial charge in [-0.3, -0.25) is 0 Å². The van der Waals surface area contributed by atoms with Crippen molar-refractivity contribution in [3.05, 3.63) is 23.8 Å². The van der Waals surface area contributed by atoms with Crippen LogP contribution in [-0.4, -0.2) is 19.0 Å². The van der Waals surface area contributed by atoms with E-state index < -0.39 is 0 Å². The molecule has 1 fully saturated rings. The number of ether oxygens (including phenoxy) is 2. The molecule has 0 bridgehead atoms. The Labute approximate surface area is 105 Å². The highest BCUT2D eigenvalue weighted by molar-refractivity contribution is 5.29. The summed E-state index contributed by atoms with van der Waals surface area (Å²) in [5.41, 5.74) is 1.57. The van der Waals surface area contributed by atoms with Gasteiger partial charge in [-0.15, -0.1) is 0 Å². The SMILES string of the molecule is CCOC1CCC2C=CC=C(C(C)(C)C)C2O1. The van der Waals surface area contributed by atoms with Gasteiger partial charge in [0.25, 0.3) is 0 Å². The third-order valence-corrected chi connectivity index (χ3v) is 3.58. The quantitative estimate of drug-likeness (QED) is 0.728. The smallest absolute Gasteiger partial charge is 0.158 e. The van der Waals surface area contributed by atoms with Crippen molar-refractivity contribution in [2.75, 3.05) is 6.61 Å². The molecule has 0 radical (unpaired) electrons. The maximum Gasteiger partial charge on any atom is 0.158 e. The maximum atomic E-state index is 6.13. The van der Waals surface area contributed by atoms with Crippen LogP contribution in [0.15, 0.2) is 23.8 Å². The molecule has 2 heteroatoms. The summed E-state index contributed by atoms with van der Waals surface area (Å²) < 4.78 is 11.7. The van der Waals surface area contributed by atoms with Gasteiger partial charge in [-0.25, -0.2) is 0 Å². The van der Waals surface area contributed by atoms with Crippen molar-refractivity contribution in [2.24, 2.45) is 11.3 Å². The first-order valence-electron chi connectivity index (χ1n) is 6.68. The van der Waals surface area contributed by atoms with Crippen LogP contribution in [0.2, 0.25) is 0 Å². The topological polar surface area (TPSA) is 18.5 Å². The fraction of sp³-hybridized carbons (Fsp3) is 0.733. The third-order valence-electron chi connectivity index (χ3n) is 3.58. The van der Waals surface area contributed by atoms with Crippen LogP contribution in [0.3, 0.4) is 0 Å². The molecule has 3 unspecified atom stereocenters. The van der Waals surface area contributed by atoms with Crippen molar-refractivity contribution in [3.63, 3.8) is 0 Å². The van der Waals surface area contributed by atoms with Crippen molar-refractivity contribution in [1.82, 2.24) is 0 Å². The molecule has 96 valence electrons. The van der Waals surface area contributed by atoms with Crippen molar-refractivity contribution in [3.8, 4) is 0 Å². The lowest BCUT2D eigenvalue weighted by atomic mass is 9.74. The first-order chi connectivity index (χ1) is 8.02. The lowest BCUT2D eigenvalue weighted by Gasteiger charge is -2.41. The van der Waals surface area contributed by atoms with E-state index >= 15 is 0 Å². The molecule has 17 heavy (non-hydrogen) atoms. The van der Waals surface area contributed by atoms with Gasteiger partial charge in [0.05, 0.1) is 6.10 Å². The summed E-state index contributed by atoms with van der Waals surface area (Å²) in [6.45, 7) is 9.51. The molecule has 0 spiro atoms. The first kappa shape index (κ1) is 12.8. The van der Waals surface area contributed by atoms with E-state index in [-0.39, 0.29) is 17.8 Å². The number of hydrogen-bond donors (Lipinski definition) is 0. The van der Waals surface area contributed by atoms with Gasteiger partial charge in [-0.1, -0.05) is 39.0 Å². The minimum absolute atomic E-state index is 0.0153. The molecule has 3 atom stereocenters. The Kier molecular flexibility index (Phi) is 3.74. The number of allylic oxidation sites excluding steroid dienone is 2. The van der Waals surface area contributed by atoms with Crippen molar-refractivity contribution < 1.29 is 9.47 Å². The fourth-order valence-corrected chi connectivity index (χ4v) is 2.70. The molecule has 0 amide bonds. The second-order valence-electron chi connectivity index (χ2n) is 5.94. The standard InChI is InChI=1S/C15H24O2/c1-5-16-13-10-9-11-7-6-8-12(14(11)17-13)15(2,3)4/h6-8,11,13-14H,5,9-10H2,1-4H3. The van der Waals surface area contributed by atoms with Gasteiger partial charge >= 0.3 is 0 Å². The summed E-state index contributed by atoms with van der Waals surface area (Å²) in [6, 6.07) is 0. The Hall–Kier alpha value is -0.600. The molecule has 2 nitrogen and oxygen atoms in total. The zero-order chi connectivity index (χ0) is 12.5. The lowest BCUT2D eigenvalue weighted by molar-refractivity contribution is -0.195. The Morgan fingerprint density at radius 3 is 2.76 bits per heavy atom. The zero-order valence-corrected chi connectivity index (χ0v) is 11.4. The van der Waals surface area contributed by atoms with Crippen LogP contribution < -0.4 is 0 Å². The van der Waals surface area contributed by atoms with E-state index in [1.165, 1.54) is 12.0 Å². The maximum absolute atomic E-state index is 6.13. The largest absolute Gasteiger partial charge is 0.353 e. The molecule has 0 aromatic heterocycles. The number of fused-ring (bicyclic) bond motifs is 1. The van der Waals surface area contributed by atoms with E-state index in [0.717, 1.165) is 13.0 Å². The highest BCUT2D eigenvalue weighted by Crippen LogP contribution is 2.40. The van der Waals surface area contributed by atoms with Crippen LogP contribution in [-0.2, 0) is 9.47 Å². The molecule has 0 aromatic rings. The molecule has 1 aliphatic heterocycles. The van der Waals surface area contributed by atoms with Crippen LogP contribution in [0.5, 0.6) is 0 Å².